The lowest BCUT2D eigenvalue weighted by Crippen LogP contribution is -2.48. The summed E-state index contributed by atoms with van der Waals surface area (Å²) in [5, 5.41) is 0. The normalized spacial score (nSPS) is 18.1. The molecule has 0 saturated carbocycles. The summed E-state index contributed by atoms with van der Waals surface area (Å²) in [6.07, 6.45) is 3.21. The van der Waals surface area contributed by atoms with Crippen molar-refractivity contribution in [3.8, 4) is 5.75 Å². The van der Waals surface area contributed by atoms with Gasteiger partial charge in [0.15, 0.2) is 18.5 Å². The molecule has 1 heterocycles. The first-order valence-corrected chi connectivity index (χ1v) is 9.16. The molecule has 1 saturated heterocycles. The molecule has 0 radical (unpaired) electrons. The highest BCUT2D eigenvalue weighted by molar-refractivity contribution is 5.94. The van der Waals surface area contributed by atoms with E-state index in [1.54, 1.807) is 31.2 Å². The molecule has 0 aromatic heterocycles. The molecule has 1 aromatic rings. The predicted molar refractivity (Wildman–Crippen MR) is 97.1 cm³/mol. The van der Waals surface area contributed by atoms with Crippen LogP contribution in [0.15, 0.2) is 24.3 Å². The van der Waals surface area contributed by atoms with Crippen LogP contribution in [-0.4, -0.2) is 47.9 Å². The van der Waals surface area contributed by atoms with Crippen molar-refractivity contribution in [1.82, 2.24) is 4.90 Å². The van der Waals surface area contributed by atoms with Crippen LogP contribution in [0.25, 0.3) is 0 Å². The molecule has 1 aliphatic heterocycles. The molecule has 2 rings (SSSR count). The SMILES string of the molecule is CCC1CCCCN1C(=O)C(C)OC(=O)COc1ccc(C(C)=O)cc1. The number of benzene rings is 1. The molecule has 2 atom stereocenters. The third-order valence-electron chi connectivity index (χ3n) is 4.65. The minimum atomic E-state index is -0.821. The van der Waals surface area contributed by atoms with E-state index in [9.17, 15) is 14.4 Å². The van der Waals surface area contributed by atoms with Gasteiger partial charge in [-0.05, 0) is 63.8 Å². The topological polar surface area (TPSA) is 72.9 Å². The van der Waals surface area contributed by atoms with Crippen molar-refractivity contribution < 1.29 is 23.9 Å². The molecule has 0 bridgehead atoms. The number of Topliss-reactive ketones (excluding diaryl/α,β-unsaturated/α-hetero) is 1. The molecule has 142 valence electrons. The minimum absolute atomic E-state index is 0.0357. The van der Waals surface area contributed by atoms with Gasteiger partial charge in [0.25, 0.3) is 5.91 Å². The number of amides is 1. The lowest BCUT2D eigenvalue weighted by atomic mass is 9.99. The van der Waals surface area contributed by atoms with Crippen molar-refractivity contribution in [1.29, 1.82) is 0 Å². The van der Waals surface area contributed by atoms with Crippen LogP contribution < -0.4 is 4.74 Å². The number of carbonyl (C=O) groups is 3. The molecule has 1 amide bonds. The van der Waals surface area contributed by atoms with E-state index in [-0.39, 0.29) is 24.3 Å². The first kappa shape index (κ1) is 19.9. The van der Waals surface area contributed by atoms with E-state index in [0.717, 1.165) is 32.2 Å². The second-order valence-electron chi connectivity index (χ2n) is 6.59. The van der Waals surface area contributed by atoms with Crippen LogP contribution in [0.4, 0.5) is 0 Å². The first-order valence-electron chi connectivity index (χ1n) is 9.16. The van der Waals surface area contributed by atoms with Crippen molar-refractivity contribution in [2.75, 3.05) is 13.2 Å². The quantitative estimate of drug-likeness (QED) is 0.551. The second kappa shape index (κ2) is 9.36. The summed E-state index contributed by atoms with van der Waals surface area (Å²) in [6.45, 7) is 5.59. The number of ether oxygens (including phenoxy) is 2. The van der Waals surface area contributed by atoms with Gasteiger partial charge in [0.1, 0.15) is 5.75 Å². The molecule has 0 spiro atoms. The number of piperidine rings is 1. The fourth-order valence-electron chi connectivity index (χ4n) is 3.16. The summed E-state index contributed by atoms with van der Waals surface area (Å²) < 4.78 is 10.6. The number of carbonyl (C=O) groups excluding carboxylic acids is 3. The molecule has 6 heteroatoms. The van der Waals surface area contributed by atoms with Crippen molar-refractivity contribution in [3.63, 3.8) is 0 Å². The van der Waals surface area contributed by atoms with Gasteiger partial charge in [0.2, 0.25) is 0 Å². The van der Waals surface area contributed by atoms with Gasteiger partial charge in [-0.1, -0.05) is 6.92 Å². The zero-order valence-corrected chi connectivity index (χ0v) is 15.7. The molecule has 2 unspecified atom stereocenters. The Labute approximate surface area is 154 Å². The molecule has 0 aliphatic carbocycles. The lowest BCUT2D eigenvalue weighted by molar-refractivity contribution is -0.162. The van der Waals surface area contributed by atoms with Gasteiger partial charge in [-0.25, -0.2) is 4.79 Å². The van der Waals surface area contributed by atoms with Crippen molar-refractivity contribution in [2.45, 2.75) is 58.6 Å². The molecule has 26 heavy (non-hydrogen) atoms. The summed E-state index contributed by atoms with van der Waals surface area (Å²) in [4.78, 5) is 37.6. The van der Waals surface area contributed by atoms with E-state index in [1.165, 1.54) is 6.92 Å². The number of likely N-dealkylation sites (tertiary alicyclic amines) is 1. The fourth-order valence-corrected chi connectivity index (χ4v) is 3.16. The average molecular weight is 361 g/mol. The number of ketones is 1. The van der Waals surface area contributed by atoms with E-state index < -0.39 is 12.1 Å². The second-order valence-corrected chi connectivity index (χ2v) is 6.59. The van der Waals surface area contributed by atoms with Crippen LogP contribution in [-0.2, 0) is 14.3 Å². The smallest absolute Gasteiger partial charge is 0.344 e. The molecule has 0 N–H and O–H groups in total. The fraction of sp³-hybridized carbons (Fsp3) is 0.550. The number of hydrogen-bond donors (Lipinski definition) is 0. The Hall–Kier alpha value is -2.37. The highest BCUT2D eigenvalue weighted by Crippen LogP contribution is 2.21. The van der Waals surface area contributed by atoms with Gasteiger partial charge in [-0.15, -0.1) is 0 Å². The van der Waals surface area contributed by atoms with E-state index in [0.29, 0.717) is 11.3 Å². The number of esters is 1. The highest BCUT2D eigenvalue weighted by Gasteiger charge is 2.30. The van der Waals surface area contributed by atoms with Crippen LogP contribution in [0, 0.1) is 0 Å². The summed E-state index contributed by atoms with van der Waals surface area (Å²) in [5.74, 6) is -0.304. The lowest BCUT2D eigenvalue weighted by Gasteiger charge is -2.36. The highest BCUT2D eigenvalue weighted by atomic mass is 16.6. The van der Waals surface area contributed by atoms with Crippen molar-refractivity contribution >= 4 is 17.7 Å². The molecule has 6 nitrogen and oxygen atoms in total. The molecule has 1 aromatic carbocycles. The Bertz CT molecular complexity index is 640. The van der Waals surface area contributed by atoms with Crippen LogP contribution in [0.5, 0.6) is 5.75 Å². The van der Waals surface area contributed by atoms with E-state index >= 15 is 0 Å². The number of rotatable bonds is 7. The Morgan fingerprint density at radius 1 is 1.19 bits per heavy atom. The van der Waals surface area contributed by atoms with Crippen LogP contribution in [0.1, 0.15) is 56.8 Å². The largest absolute Gasteiger partial charge is 0.482 e. The Morgan fingerprint density at radius 3 is 2.50 bits per heavy atom. The van der Waals surface area contributed by atoms with Gasteiger partial charge in [0.05, 0.1) is 0 Å². The third-order valence-corrected chi connectivity index (χ3v) is 4.65. The molecule has 1 aliphatic rings. The molecular formula is C20H27NO5. The monoisotopic (exact) mass is 361 g/mol. The van der Waals surface area contributed by atoms with Crippen LogP contribution in [0.3, 0.4) is 0 Å². The number of nitrogens with zero attached hydrogens (tertiary/aromatic N) is 1. The van der Waals surface area contributed by atoms with Crippen molar-refractivity contribution in [3.05, 3.63) is 29.8 Å². The Morgan fingerprint density at radius 2 is 1.88 bits per heavy atom. The van der Waals surface area contributed by atoms with Gasteiger partial charge < -0.3 is 14.4 Å². The third kappa shape index (κ3) is 5.31. The first-order chi connectivity index (χ1) is 12.4. The van der Waals surface area contributed by atoms with E-state index in [2.05, 4.69) is 6.92 Å². The van der Waals surface area contributed by atoms with Crippen LogP contribution >= 0.6 is 0 Å². The standard InChI is InChI=1S/C20H27NO5/c1-4-17-7-5-6-12-21(17)20(24)15(3)26-19(23)13-25-18-10-8-16(9-11-18)14(2)22/h8-11,15,17H,4-7,12-13H2,1-3H3. The summed E-state index contributed by atoms with van der Waals surface area (Å²) in [5.41, 5.74) is 0.575. The predicted octanol–water partition coefficient (Wildman–Crippen LogP) is 2.99. The maximum Gasteiger partial charge on any atom is 0.344 e. The summed E-state index contributed by atoms with van der Waals surface area (Å²) in [7, 11) is 0. The van der Waals surface area contributed by atoms with E-state index in [1.807, 2.05) is 4.90 Å². The van der Waals surface area contributed by atoms with E-state index in [4.69, 9.17) is 9.47 Å². The maximum absolute atomic E-state index is 12.6. The van der Waals surface area contributed by atoms with Crippen LogP contribution in [0.2, 0.25) is 0 Å². The van der Waals surface area contributed by atoms with Gasteiger partial charge in [-0.3, -0.25) is 9.59 Å². The summed E-state index contributed by atoms with van der Waals surface area (Å²) in [6, 6.07) is 6.75. The zero-order valence-electron chi connectivity index (χ0n) is 15.7. The summed E-state index contributed by atoms with van der Waals surface area (Å²) >= 11 is 0. The Kier molecular flexibility index (Phi) is 7.18. The average Bonchev–Trinajstić information content (AvgIpc) is 2.65. The minimum Gasteiger partial charge on any atom is -0.482 e. The Balaban J connectivity index is 1.82. The van der Waals surface area contributed by atoms with Gasteiger partial charge >= 0.3 is 5.97 Å². The van der Waals surface area contributed by atoms with Gasteiger partial charge in [0, 0.05) is 18.2 Å². The molecular weight excluding hydrogens is 334 g/mol. The van der Waals surface area contributed by atoms with Gasteiger partial charge in [-0.2, -0.15) is 0 Å². The maximum atomic E-state index is 12.6. The van der Waals surface area contributed by atoms with Crippen molar-refractivity contribution in [2.24, 2.45) is 0 Å². The zero-order chi connectivity index (χ0) is 19.1. The molecule has 1 fully saturated rings. The number of hydrogen-bond acceptors (Lipinski definition) is 5.